The summed E-state index contributed by atoms with van der Waals surface area (Å²) in [5, 5.41) is 9.49. The average Bonchev–Trinajstić information content (AvgIpc) is 2.75. The molecule has 0 atom stereocenters. The number of hydrogen-bond donors (Lipinski definition) is 1. The number of rotatable bonds is 4. The van der Waals surface area contributed by atoms with Crippen LogP contribution in [-0.2, 0) is 13.1 Å². The minimum atomic E-state index is 0.0958. The van der Waals surface area contributed by atoms with Gasteiger partial charge in [0.25, 0.3) is 0 Å². The zero-order chi connectivity index (χ0) is 14.6. The molecule has 20 heavy (non-hydrogen) atoms. The minimum Gasteiger partial charge on any atom is -0.306 e. The van der Waals surface area contributed by atoms with Crippen molar-refractivity contribution in [2.75, 3.05) is 0 Å². The fourth-order valence-corrected chi connectivity index (χ4v) is 2.13. The first-order valence-electron chi connectivity index (χ1n) is 7.10. The summed E-state index contributed by atoms with van der Waals surface area (Å²) >= 11 is 0. The maximum absolute atomic E-state index is 4.75. The van der Waals surface area contributed by atoms with Gasteiger partial charge < -0.3 is 5.32 Å². The molecule has 1 N–H and O–H groups in total. The van der Waals surface area contributed by atoms with Gasteiger partial charge in [-0.05, 0) is 33.8 Å². The van der Waals surface area contributed by atoms with Gasteiger partial charge in [0.15, 0.2) is 0 Å². The Balaban J connectivity index is 2.27. The third-order valence-electron chi connectivity index (χ3n) is 3.15. The third kappa shape index (κ3) is 3.61. The van der Waals surface area contributed by atoms with Crippen LogP contribution in [0.1, 0.15) is 39.8 Å². The van der Waals surface area contributed by atoms with Gasteiger partial charge in [0, 0.05) is 23.9 Å². The molecule has 0 fully saturated rings. The molecule has 1 aromatic carbocycles. The van der Waals surface area contributed by atoms with Gasteiger partial charge in [0.05, 0.1) is 17.8 Å². The summed E-state index contributed by atoms with van der Waals surface area (Å²) in [5.74, 6) is 6.03. The van der Waals surface area contributed by atoms with E-state index in [0.29, 0.717) is 0 Å². The van der Waals surface area contributed by atoms with E-state index in [1.807, 2.05) is 6.92 Å². The molecule has 0 spiro atoms. The number of benzene rings is 1. The highest BCUT2D eigenvalue weighted by atomic mass is 15.3. The van der Waals surface area contributed by atoms with Gasteiger partial charge in [0.1, 0.15) is 0 Å². The molecular weight excluding hydrogens is 246 g/mol. The van der Waals surface area contributed by atoms with E-state index < -0.39 is 0 Å². The maximum Gasteiger partial charge on any atom is 0.0841 e. The predicted octanol–water partition coefficient (Wildman–Crippen LogP) is 3.34. The van der Waals surface area contributed by atoms with Crippen molar-refractivity contribution >= 4 is 10.9 Å². The molecule has 1 heterocycles. The Hall–Kier alpha value is -1.79. The summed E-state index contributed by atoms with van der Waals surface area (Å²) in [6.07, 6.45) is 0.842. The van der Waals surface area contributed by atoms with E-state index in [1.54, 1.807) is 0 Å². The predicted molar refractivity (Wildman–Crippen MR) is 84.4 cm³/mol. The van der Waals surface area contributed by atoms with Crippen molar-refractivity contribution in [2.24, 2.45) is 0 Å². The van der Waals surface area contributed by atoms with Crippen molar-refractivity contribution in [3.05, 3.63) is 30.0 Å². The Labute approximate surface area is 121 Å². The topological polar surface area (TPSA) is 29.9 Å². The summed E-state index contributed by atoms with van der Waals surface area (Å²) in [6, 6.07) is 8.40. The molecule has 2 aromatic rings. The minimum absolute atomic E-state index is 0.0958. The standard InChI is InChI=1S/C17H23N3/c1-5-6-9-12-20-16-11-8-7-10-14(16)15(19-20)13-18-17(2,3)4/h7-8,10-11,18H,9,12-13H2,1-4H3. The van der Waals surface area contributed by atoms with Gasteiger partial charge in [-0.1, -0.05) is 18.2 Å². The van der Waals surface area contributed by atoms with E-state index in [9.17, 15) is 0 Å². The van der Waals surface area contributed by atoms with E-state index in [1.165, 1.54) is 10.9 Å². The lowest BCUT2D eigenvalue weighted by atomic mass is 10.1. The molecular formula is C17H23N3. The molecule has 0 aliphatic heterocycles. The second-order valence-electron chi connectivity index (χ2n) is 5.97. The van der Waals surface area contributed by atoms with Crippen LogP contribution >= 0.6 is 0 Å². The first-order valence-corrected chi connectivity index (χ1v) is 7.10. The summed E-state index contributed by atoms with van der Waals surface area (Å²) in [5.41, 5.74) is 2.40. The van der Waals surface area contributed by atoms with Gasteiger partial charge in [-0.25, -0.2) is 0 Å². The SMILES string of the molecule is CC#CCCn1nc(CNC(C)(C)C)c2ccccc21. The van der Waals surface area contributed by atoms with Crippen LogP contribution in [0.4, 0.5) is 0 Å². The molecule has 2 rings (SSSR count). The smallest absolute Gasteiger partial charge is 0.0841 e. The van der Waals surface area contributed by atoms with E-state index >= 15 is 0 Å². The number of hydrogen-bond acceptors (Lipinski definition) is 2. The quantitative estimate of drug-likeness (QED) is 0.863. The summed E-state index contributed by atoms with van der Waals surface area (Å²) in [4.78, 5) is 0. The zero-order valence-corrected chi connectivity index (χ0v) is 12.8. The highest BCUT2D eigenvalue weighted by Gasteiger charge is 2.13. The van der Waals surface area contributed by atoms with E-state index in [0.717, 1.165) is 25.2 Å². The molecule has 0 aliphatic rings. The van der Waals surface area contributed by atoms with Crippen LogP contribution in [0.15, 0.2) is 24.3 Å². The van der Waals surface area contributed by atoms with E-state index in [-0.39, 0.29) is 5.54 Å². The molecule has 0 saturated heterocycles. The van der Waals surface area contributed by atoms with Gasteiger partial charge in [-0.3, -0.25) is 4.68 Å². The van der Waals surface area contributed by atoms with E-state index in [4.69, 9.17) is 5.10 Å². The van der Waals surface area contributed by atoms with Crippen molar-refractivity contribution in [1.82, 2.24) is 15.1 Å². The summed E-state index contributed by atoms with van der Waals surface area (Å²) in [6.45, 7) is 10.0. The Morgan fingerprint density at radius 1 is 1.25 bits per heavy atom. The molecule has 3 heteroatoms. The van der Waals surface area contributed by atoms with Crippen LogP contribution in [0.2, 0.25) is 0 Å². The Kier molecular flexibility index (Phi) is 4.46. The second-order valence-corrected chi connectivity index (χ2v) is 5.97. The monoisotopic (exact) mass is 269 g/mol. The first-order chi connectivity index (χ1) is 9.51. The lowest BCUT2D eigenvalue weighted by Crippen LogP contribution is -2.35. The van der Waals surface area contributed by atoms with Crippen molar-refractivity contribution in [3.8, 4) is 11.8 Å². The van der Waals surface area contributed by atoms with Gasteiger partial charge in [-0.2, -0.15) is 5.10 Å². The molecule has 0 amide bonds. The highest BCUT2D eigenvalue weighted by molar-refractivity contribution is 5.81. The van der Waals surface area contributed by atoms with Crippen LogP contribution in [0.5, 0.6) is 0 Å². The highest BCUT2D eigenvalue weighted by Crippen LogP contribution is 2.19. The fourth-order valence-electron chi connectivity index (χ4n) is 2.13. The van der Waals surface area contributed by atoms with Crippen LogP contribution < -0.4 is 5.32 Å². The number of aromatic nitrogens is 2. The Morgan fingerprint density at radius 3 is 2.70 bits per heavy atom. The number of para-hydroxylation sites is 1. The zero-order valence-electron chi connectivity index (χ0n) is 12.8. The van der Waals surface area contributed by atoms with Crippen LogP contribution in [0.3, 0.4) is 0 Å². The number of nitrogens with zero attached hydrogens (tertiary/aromatic N) is 2. The van der Waals surface area contributed by atoms with Gasteiger partial charge in [-0.15, -0.1) is 11.8 Å². The molecule has 0 radical (unpaired) electrons. The summed E-state index contributed by atoms with van der Waals surface area (Å²) < 4.78 is 2.07. The molecule has 0 unspecified atom stereocenters. The van der Waals surface area contributed by atoms with Gasteiger partial charge >= 0.3 is 0 Å². The lowest BCUT2D eigenvalue weighted by Gasteiger charge is -2.19. The summed E-state index contributed by atoms with van der Waals surface area (Å²) in [7, 11) is 0. The van der Waals surface area contributed by atoms with Crippen molar-refractivity contribution in [1.29, 1.82) is 0 Å². The van der Waals surface area contributed by atoms with Crippen LogP contribution in [0.25, 0.3) is 10.9 Å². The normalized spacial score (nSPS) is 11.4. The Morgan fingerprint density at radius 2 is 2.00 bits per heavy atom. The lowest BCUT2D eigenvalue weighted by molar-refractivity contribution is 0.420. The first kappa shape index (κ1) is 14.6. The molecule has 1 aromatic heterocycles. The number of nitrogens with one attached hydrogen (secondary N) is 1. The third-order valence-corrected chi connectivity index (χ3v) is 3.15. The molecule has 0 aliphatic carbocycles. The maximum atomic E-state index is 4.75. The van der Waals surface area contributed by atoms with Crippen LogP contribution in [-0.4, -0.2) is 15.3 Å². The number of aryl methyl sites for hydroxylation is 1. The Bertz CT molecular complexity index is 636. The van der Waals surface area contributed by atoms with E-state index in [2.05, 4.69) is 66.9 Å². The van der Waals surface area contributed by atoms with Crippen molar-refractivity contribution < 1.29 is 0 Å². The fraction of sp³-hybridized carbons (Fsp3) is 0.471. The molecule has 0 bridgehead atoms. The van der Waals surface area contributed by atoms with Crippen molar-refractivity contribution in [2.45, 2.75) is 52.7 Å². The van der Waals surface area contributed by atoms with Gasteiger partial charge in [0.2, 0.25) is 0 Å². The number of fused-ring (bicyclic) bond motifs is 1. The molecule has 3 nitrogen and oxygen atoms in total. The van der Waals surface area contributed by atoms with Crippen molar-refractivity contribution in [3.63, 3.8) is 0 Å². The van der Waals surface area contributed by atoms with Crippen LogP contribution in [0, 0.1) is 11.8 Å². The molecule has 0 saturated carbocycles. The largest absolute Gasteiger partial charge is 0.306 e. The average molecular weight is 269 g/mol. The molecule has 106 valence electrons. The second kappa shape index (κ2) is 6.11.